The van der Waals surface area contributed by atoms with Gasteiger partial charge in [0.1, 0.15) is 11.5 Å². The van der Waals surface area contributed by atoms with Gasteiger partial charge in [0.15, 0.2) is 0 Å². The maximum Gasteiger partial charge on any atom is 0.387 e. The number of rotatable bonds is 7. The van der Waals surface area contributed by atoms with E-state index in [-0.39, 0.29) is 23.3 Å². The van der Waals surface area contributed by atoms with Crippen molar-refractivity contribution >= 4 is 29.0 Å². The summed E-state index contributed by atoms with van der Waals surface area (Å²) in [5.74, 6) is -0.636. The van der Waals surface area contributed by atoms with Crippen LogP contribution in [0.1, 0.15) is 46.1 Å². The fourth-order valence-corrected chi connectivity index (χ4v) is 5.56. The quantitative estimate of drug-likeness (QED) is 0.299. The van der Waals surface area contributed by atoms with Crippen LogP contribution >= 0.6 is 11.3 Å². The smallest absolute Gasteiger partial charge is 0.387 e. The predicted molar refractivity (Wildman–Crippen MR) is 132 cm³/mol. The Bertz CT molecular complexity index is 1330. The standard InChI is InChI=1S/C27H22F4N2O3S/c28-26(29)35-20-11-3-1-7-16(20)15-17-8-5-10-19-23(17)32-33(25(34)22-13-6-14-37-22)24(19)18-9-2-4-12-21(18)36-27(30)31/h1-4,6-7,9,11-15,19,24,26-27H,5,8,10H2/b17-15+/t19-,24-/m0/s1. The van der Waals surface area contributed by atoms with Crippen molar-refractivity contribution in [3.8, 4) is 11.5 Å². The summed E-state index contributed by atoms with van der Waals surface area (Å²) < 4.78 is 61.9. The van der Waals surface area contributed by atoms with E-state index in [9.17, 15) is 22.4 Å². The molecule has 1 saturated carbocycles. The van der Waals surface area contributed by atoms with Gasteiger partial charge in [-0.05, 0) is 54.5 Å². The number of thiophene rings is 1. The van der Waals surface area contributed by atoms with E-state index < -0.39 is 19.3 Å². The minimum atomic E-state index is -3.03. The molecule has 2 aromatic carbocycles. The van der Waals surface area contributed by atoms with Gasteiger partial charge in [0.05, 0.1) is 16.6 Å². The summed E-state index contributed by atoms with van der Waals surface area (Å²) in [5, 5.41) is 7.84. The molecule has 0 radical (unpaired) electrons. The van der Waals surface area contributed by atoms with Crippen LogP contribution in [0.3, 0.4) is 0 Å². The van der Waals surface area contributed by atoms with E-state index in [2.05, 4.69) is 4.74 Å². The van der Waals surface area contributed by atoms with Crippen LogP contribution in [0.5, 0.6) is 11.5 Å². The number of amides is 1. The van der Waals surface area contributed by atoms with Gasteiger partial charge in [-0.15, -0.1) is 11.3 Å². The third-order valence-corrected chi connectivity index (χ3v) is 7.22. The lowest BCUT2D eigenvalue weighted by Gasteiger charge is -2.30. The number of carbonyl (C=O) groups is 1. The number of hydrogen-bond donors (Lipinski definition) is 0. The van der Waals surface area contributed by atoms with E-state index in [0.717, 1.165) is 12.0 Å². The molecule has 1 aliphatic carbocycles. The Kier molecular flexibility index (Phi) is 7.27. The van der Waals surface area contributed by atoms with Gasteiger partial charge in [-0.1, -0.05) is 42.5 Å². The van der Waals surface area contributed by atoms with E-state index in [4.69, 9.17) is 9.84 Å². The molecule has 192 valence electrons. The fraction of sp³-hybridized carbons (Fsp3) is 0.259. The van der Waals surface area contributed by atoms with E-state index in [1.165, 1.54) is 28.5 Å². The molecule has 1 aromatic heterocycles. The third kappa shape index (κ3) is 5.24. The Morgan fingerprint density at radius 1 is 0.973 bits per heavy atom. The highest BCUT2D eigenvalue weighted by molar-refractivity contribution is 7.12. The van der Waals surface area contributed by atoms with Crippen molar-refractivity contribution in [2.75, 3.05) is 0 Å². The van der Waals surface area contributed by atoms with Crippen LogP contribution in [0.25, 0.3) is 6.08 Å². The number of benzene rings is 2. The number of ether oxygens (including phenoxy) is 2. The van der Waals surface area contributed by atoms with Gasteiger partial charge in [-0.25, -0.2) is 5.01 Å². The number of halogens is 4. The zero-order valence-electron chi connectivity index (χ0n) is 19.4. The Hall–Kier alpha value is -3.66. The first kappa shape index (κ1) is 25.0. The molecule has 2 atom stereocenters. The van der Waals surface area contributed by atoms with E-state index in [0.29, 0.717) is 34.6 Å². The number of nitrogens with zero attached hydrogens (tertiary/aromatic N) is 2. The molecule has 5 nitrogen and oxygen atoms in total. The third-order valence-electron chi connectivity index (χ3n) is 6.36. The van der Waals surface area contributed by atoms with E-state index in [1.807, 2.05) is 0 Å². The van der Waals surface area contributed by atoms with Crippen LogP contribution in [-0.2, 0) is 0 Å². The average Bonchev–Trinajstić information content (AvgIpc) is 3.54. The molecule has 5 rings (SSSR count). The van der Waals surface area contributed by atoms with Crippen LogP contribution in [0.4, 0.5) is 17.6 Å². The van der Waals surface area contributed by atoms with Gasteiger partial charge in [0, 0.05) is 17.0 Å². The van der Waals surface area contributed by atoms with Crippen LogP contribution in [0, 0.1) is 5.92 Å². The lowest BCUT2D eigenvalue weighted by molar-refractivity contribution is -0.0514. The highest BCUT2D eigenvalue weighted by atomic mass is 32.1. The topological polar surface area (TPSA) is 51.1 Å². The van der Waals surface area contributed by atoms with Crippen LogP contribution < -0.4 is 9.47 Å². The van der Waals surface area contributed by atoms with Gasteiger partial charge in [0.2, 0.25) is 0 Å². The van der Waals surface area contributed by atoms with Crippen molar-refractivity contribution in [3.05, 3.63) is 87.6 Å². The fourth-order valence-electron chi connectivity index (χ4n) is 4.91. The largest absolute Gasteiger partial charge is 0.434 e. The SMILES string of the molecule is O=C(c1cccs1)N1N=C2/C(=C/c3ccccc3OC(F)F)CCC[C@@H]2[C@@H]1c1ccccc1OC(F)F. The number of hydrogen-bond acceptors (Lipinski definition) is 5. The summed E-state index contributed by atoms with van der Waals surface area (Å²) in [5.41, 5.74) is 2.29. The Balaban J connectivity index is 1.59. The maximum atomic E-state index is 13.5. The molecule has 10 heteroatoms. The van der Waals surface area contributed by atoms with E-state index in [1.54, 1.807) is 60.0 Å². The molecule has 0 saturated heterocycles. The average molecular weight is 531 g/mol. The number of allylic oxidation sites excluding steroid dienone is 1. The van der Waals surface area contributed by atoms with Gasteiger partial charge >= 0.3 is 13.2 Å². The molecule has 1 aliphatic heterocycles. The van der Waals surface area contributed by atoms with Crippen molar-refractivity contribution in [2.24, 2.45) is 11.0 Å². The Labute approximate surface area is 214 Å². The second-order valence-electron chi connectivity index (χ2n) is 8.56. The molecule has 0 N–H and O–H groups in total. The number of para-hydroxylation sites is 2. The zero-order chi connectivity index (χ0) is 25.9. The maximum absolute atomic E-state index is 13.5. The zero-order valence-corrected chi connectivity index (χ0v) is 20.2. The second-order valence-corrected chi connectivity index (χ2v) is 9.51. The minimum absolute atomic E-state index is 0.0188. The monoisotopic (exact) mass is 530 g/mol. The van der Waals surface area contributed by atoms with E-state index >= 15 is 0 Å². The first-order chi connectivity index (χ1) is 17.9. The lowest BCUT2D eigenvalue weighted by Crippen LogP contribution is -2.32. The van der Waals surface area contributed by atoms with Crippen molar-refractivity contribution in [1.29, 1.82) is 0 Å². The molecular formula is C27H22F4N2O3S. The van der Waals surface area contributed by atoms with Crippen LogP contribution in [-0.4, -0.2) is 29.9 Å². The summed E-state index contributed by atoms with van der Waals surface area (Å²) >= 11 is 1.26. The van der Waals surface area contributed by atoms with Crippen molar-refractivity contribution in [1.82, 2.24) is 5.01 Å². The molecule has 0 spiro atoms. The molecule has 1 amide bonds. The molecule has 2 heterocycles. The highest BCUT2D eigenvalue weighted by Crippen LogP contribution is 2.47. The normalized spacial score (nSPS) is 20.3. The summed E-state index contributed by atoms with van der Waals surface area (Å²) in [4.78, 5) is 14.0. The van der Waals surface area contributed by atoms with Crippen molar-refractivity contribution < 1.29 is 31.8 Å². The summed E-state index contributed by atoms with van der Waals surface area (Å²) in [6, 6.07) is 15.6. The first-order valence-electron chi connectivity index (χ1n) is 11.7. The number of alkyl halides is 4. The molecule has 37 heavy (non-hydrogen) atoms. The van der Waals surface area contributed by atoms with Gasteiger partial charge in [0.25, 0.3) is 5.91 Å². The number of carbonyl (C=O) groups excluding carboxylic acids is 1. The lowest BCUT2D eigenvalue weighted by atomic mass is 9.77. The molecule has 2 aliphatic rings. The molecule has 0 unspecified atom stereocenters. The minimum Gasteiger partial charge on any atom is -0.434 e. The van der Waals surface area contributed by atoms with Crippen molar-refractivity contribution in [3.63, 3.8) is 0 Å². The van der Waals surface area contributed by atoms with Crippen molar-refractivity contribution in [2.45, 2.75) is 38.5 Å². The highest BCUT2D eigenvalue weighted by Gasteiger charge is 2.45. The first-order valence-corrected chi connectivity index (χ1v) is 12.5. The van der Waals surface area contributed by atoms with Crippen LogP contribution in [0.2, 0.25) is 0 Å². The Morgan fingerprint density at radius 3 is 2.41 bits per heavy atom. The van der Waals surface area contributed by atoms with Crippen LogP contribution in [0.15, 0.2) is 76.7 Å². The molecule has 0 bridgehead atoms. The molecular weight excluding hydrogens is 508 g/mol. The predicted octanol–water partition coefficient (Wildman–Crippen LogP) is 7.39. The summed E-state index contributed by atoms with van der Waals surface area (Å²) in [7, 11) is 0. The molecule has 1 fully saturated rings. The summed E-state index contributed by atoms with van der Waals surface area (Å²) in [6.45, 7) is -6.00. The number of fused-ring (bicyclic) bond motifs is 1. The van der Waals surface area contributed by atoms with Gasteiger partial charge in [-0.2, -0.15) is 22.7 Å². The van der Waals surface area contributed by atoms with Gasteiger partial charge in [-0.3, -0.25) is 4.79 Å². The summed E-state index contributed by atoms with van der Waals surface area (Å²) in [6.07, 6.45) is 3.76. The number of hydrazone groups is 1. The molecule has 3 aromatic rings. The second kappa shape index (κ2) is 10.8. The van der Waals surface area contributed by atoms with Gasteiger partial charge < -0.3 is 9.47 Å². The Morgan fingerprint density at radius 2 is 1.68 bits per heavy atom.